The highest BCUT2D eigenvalue weighted by Gasteiger charge is 2.08. The Morgan fingerprint density at radius 3 is 2.81 bits per heavy atom. The minimum Gasteiger partial charge on any atom is -0.494 e. The Bertz CT molecular complexity index is 358. The van der Waals surface area contributed by atoms with Crippen LogP contribution < -0.4 is 15.8 Å². The van der Waals surface area contributed by atoms with Crippen LogP contribution in [-0.2, 0) is 0 Å². The molecule has 0 aliphatic heterocycles. The lowest BCUT2D eigenvalue weighted by atomic mass is 10.2. The van der Waals surface area contributed by atoms with Gasteiger partial charge in [0.15, 0.2) is 11.6 Å². The van der Waals surface area contributed by atoms with Crippen LogP contribution in [0.25, 0.3) is 0 Å². The number of anilines is 2. The molecule has 0 saturated carbocycles. The highest BCUT2D eigenvalue weighted by atomic mass is 19.1. The Kier molecular flexibility index (Phi) is 4.37. The lowest BCUT2D eigenvalue weighted by Gasteiger charge is -2.14. The third kappa shape index (κ3) is 3.00. The third-order valence-electron chi connectivity index (χ3n) is 2.28. The van der Waals surface area contributed by atoms with E-state index in [1.807, 2.05) is 6.92 Å². The smallest absolute Gasteiger partial charge is 0.167 e. The van der Waals surface area contributed by atoms with E-state index < -0.39 is 5.82 Å². The quantitative estimate of drug-likeness (QED) is 0.667. The molecule has 0 heterocycles. The molecule has 0 aliphatic carbocycles. The molecule has 1 aromatic carbocycles. The van der Waals surface area contributed by atoms with Crippen molar-refractivity contribution in [2.45, 2.75) is 6.92 Å². The van der Waals surface area contributed by atoms with Crippen molar-refractivity contribution in [2.75, 3.05) is 31.3 Å². The minimum atomic E-state index is -0.485. The van der Waals surface area contributed by atoms with Gasteiger partial charge in [-0.05, 0) is 5.92 Å². The van der Waals surface area contributed by atoms with Crippen LogP contribution in [0.5, 0.6) is 5.75 Å². The van der Waals surface area contributed by atoms with Crippen molar-refractivity contribution >= 4 is 11.4 Å². The van der Waals surface area contributed by atoms with Gasteiger partial charge < -0.3 is 20.9 Å². The van der Waals surface area contributed by atoms with Gasteiger partial charge in [0, 0.05) is 25.3 Å². The number of nitrogens with two attached hydrogens (primary N) is 1. The highest BCUT2D eigenvalue weighted by Crippen LogP contribution is 2.27. The molecule has 0 bridgehead atoms. The number of benzene rings is 1. The summed E-state index contributed by atoms with van der Waals surface area (Å²) in [5, 5.41) is 11.9. The summed E-state index contributed by atoms with van der Waals surface area (Å²) in [5.74, 6) is -0.232. The second-order valence-corrected chi connectivity index (χ2v) is 3.74. The van der Waals surface area contributed by atoms with E-state index in [4.69, 9.17) is 15.6 Å². The zero-order valence-electron chi connectivity index (χ0n) is 9.46. The Morgan fingerprint density at radius 1 is 1.56 bits per heavy atom. The summed E-state index contributed by atoms with van der Waals surface area (Å²) >= 11 is 0. The Balaban J connectivity index is 2.79. The van der Waals surface area contributed by atoms with E-state index in [0.29, 0.717) is 17.9 Å². The first-order valence-electron chi connectivity index (χ1n) is 5.06. The Labute approximate surface area is 94.2 Å². The SMILES string of the molecule is COc1cc(NCC(C)CO)c(N)cc1F. The molecule has 1 atom stereocenters. The van der Waals surface area contributed by atoms with Crippen molar-refractivity contribution in [2.24, 2.45) is 5.92 Å². The summed E-state index contributed by atoms with van der Waals surface area (Å²) in [6.45, 7) is 2.55. The Hall–Kier alpha value is -1.49. The van der Waals surface area contributed by atoms with E-state index in [2.05, 4.69) is 5.32 Å². The van der Waals surface area contributed by atoms with E-state index in [0.717, 1.165) is 0 Å². The van der Waals surface area contributed by atoms with Gasteiger partial charge in [0.1, 0.15) is 0 Å². The molecule has 90 valence electrons. The van der Waals surface area contributed by atoms with Gasteiger partial charge in [-0.1, -0.05) is 6.92 Å². The first kappa shape index (κ1) is 12.6. The van der Waals surface area contributed by atoms with Crippen molar-refractivity contribution in [1.82, 2.24) is 0 Å². The van der Waals surface area contributed by atoms with E-state index in [-0.39, 0.29) is 18.3 Å². The fourth-order valence-corrected chi connectivity index (χ4v) is 1.23. The molecule has 0 radical (unpaired) electrons. The number of nitrogen functional groups attached to an aromatic ring is 1. The summed E-state index contributed by atoms with van der Waals surface area (Å²) in [6, 6.07) is 2.72. The maximum absolute atomic E-state index is 13.2. The molecule has 0 aliphatic rings. The number of hydrogen-bond donors (Lipinski definition) is 3. The summed E-state index contributed by atoms with van der Waals surface area (Å²) in [4.78, 5) is 0. The number of ether oxygens (including phenoxy) is 1. The number of nitrogens with one attached hydrogen (secondary N) is 1. The monoisotopic (exact) mass is 228 g/mol. The first-order valence-corrected chi connectivity index (χ1v) is 5.06. The number of hydrogen-bond acceptors (Lipinski definition) is 4. The lowest BCUT2D eigenvalue weighted by molar-refractivity contribution is 0.244. The number of aliphatic hydroxyl groups is 1. The summed E-state index contributed by atoms with van der Waals surface area (Å²) in [5.41, 5.74) is 6.58. The molecular weight excluding hydrogens is 211 g/mol. The van der Waals surface area contributed by atoms with Crippen LogP contribution in [0.1, 0.15) is 6.92 Å². The summed E-state index contributed by atoms with van der Waals surface area (Å²) in [7, 11) is 1.40. The number of rotatable bonds is 5. The average molecular weight is 228 g/mol. The molecule has 0 amide bonds. The molecular formula is C11H17FN2O2. The van der Waals surface area contributed by atoms with Gasteiger partial charge in [0.2, 0.25) is 0 Å². The van der Waals surface area contributed by atoms with Crippen LogP contribution >= 0.6 is 0 Å². The van der Waals surface area contributed by atoms with Gasteiger partial charge in [-0.25, -0.2) is 4.39 Å². The summed E-state index contributed by atoms with van der Waals surface area (Å²) in [6.07, 6.45) is 0. The fourth-order valence-electron chi connectivity index (χ4n) is 1.23. The molecule has 4 nitrogen and oxygen atoms in total. The van der Waals surface area contributed by atoms with Crippen LogP contribution in [0, 0.1) is 11.7 Å². The van der Waals surface area contributed by atoms with Crippen molar-refractivity contribution < 1.29 is 14.2 Å². The largest absolute Gasteiger partial charge is 0.494 e. The number of halogens is 1. The zero-order valence-corrected chi connectivity index (χ0v) is 9.46. The molecule has 1 aromatic rings. The number of aliphatic hydroxyl groups excluding tert-OH is 1. The van der Waals surface area contributed by atoms with Gasteiger partial charge in [-0.3, -0.25) is 0 Å². The number of methoxy groups -OCH3 is 1. The van der Waals surface area contributed by atoms with Crippen molar-refractivity contribution in [3.63, 3.8) is 0 Å². The molecule has 4 N–H and O–H groups in total. The van der Waals surface area contributed by atoms with E-state index in [1.54, 1.807) is 0 Å². The predicted molar refractivity (Wildman–Crippen MR) is 62.1 cm³/mol. The maximum atomic E-state index is 13.2. The van der Waals surface area contributed by atoms with Gasteiger partial charge in [0.05, 0.1) is 18.5 Å². The molecule has 1 rings (SSSR count). The molecule has 0 saturated heterocycles. The first-order chi connectivity index (χ1) is 7.58. The van der Waals surface area contributed by atoms with E-state index >= 15 is 0 Å². The van der Waals surface area contributed by atoms with Crippen LogP contribution in [0.3, 0.4) is 0 Å². The highest BCUT2D eigenvalue weighted by molar-refractivity contribution is 5.68. The zero-order chi connectivity index (χ0) is 12.1. The standard InChI is InChI=1S/C11H17FN2O2/c1-7(6-15)5-14-10-4-11(16-2)8(12)3-9(10)13/h3-4,7,14-15H,5-6,13H2,1-2H3. The average Bonchev–Trinajstić information content (AvgIpc) is 2.27. The predicted octanol–water partition coefficient (Wildman–Crippen LogP) is 1.46. The third-order valence-corrected chi connectivity index (χ3v) is 2.28. The van der Waals surface area contributed by atoms with Crippen molar-refractivity contribution in [3.8, 4) is 5.75 Å². The van der Waals surface area contributed by atoms with Crippen LogP contribution in [0.2, 0.25) is 0 Å². The molecule has 5 heteroatoms. The van der Waals surface area contributed by atoms with Crippen molar-refractivity contribution in [1.29, 1.82) is 0 Å². The lowest BCUT2D eigenvalue weighted by Crippen LogP contribution is -2.15. The second-order valence-electron chi connectivity index (χ2n) is 3.74. The summed E-state index contributed by atoms with van der Waals surface area (Å²) < 4.78 is 18.1. The molecule has 0 fully saturated rings. The topological polar surface area (TPSA) is 67.5 Å². The molecule has 1 unspecified atom stereocenters. The van der Waals surface area contributed by atoms with Gasteiger partial charge in [-0.15, -0.1) is 0 Å². The molecule has 16 heavy (non-hydrogen) atoms. The van der Waals surface area contributed by atoms with Gasteiger partial charge in [0.25, 0.3) is 0 Å². The van der Waals surface area contributed by atoms with Crippen LogP contribution in [0.15, 0.2) is 12.1 Å². The van der Waals surface area contributed by atoms with Crippen LogP contribution in [0.4, 0.5) is 15.8 Å². The molecule has 0 aromatic heterocycles. The van der Waals surface area contributed by atoms with Crippen LogP contribution in [-0.4, -0.2) is 25.4 Å². The fraction of sp³-hybridized carbons (Fsp3) is 0.455. The van der Waals surface area contributed by atoms with Gasteiger partial charge in [-0.2, -0.15) is 0 Å². The minimum absolute atomic E-state index is 0.0885. The van der Waals surface area contributed by atoms with E-state index in [1.165, 1.54) is 19.2 Å². The normalized spacial score (nSPS) is 12.2. The van der Waals surface area contributed by atoms with Gasteiger partial charge >= 0.3 is 0 Å². The van der Waals surface area contributed by atoms with Crippen molar-refractivity contribution in [3.05, 3.63) is 17.9 Å². The molecule has 0 spiro atoms. The van der Waals surface area contributed by atoms with E-state index in [9.17, 15) is 4.39 Å². The Morgan fingerprint density at radius 2 is 2.25 bits per heavy atom. The maximum Gasteiger partial charge on any atom is 0.167 e. The second kappa shape index (κ2) is 5.55.